The van der Waals surface area contributed by atoms with Crippen molar-refractivity contribution in [1.82, 2.24) is 5.32 Å². The summed E-state index contributed by atoms with van der Waals surface area (Å²) in [6.07, 6.45) is 0.543. The van der Waals surface area contributed by atoms with Gasteiger partial charge in [-0.15, -0.1) is 0 Å². The Kier molecular flexibility index (Phi) is 5.85. The van der Waals surface area contributed by atoms with Gasteiger partial charge in [0.2, 0.25) is 0 Å². The van der Waals surface area contributed by atoms with Crippen molar-refractivity contribution in [3.8, 4) is 0 Å². The highest BCUT2D eigenvalue weighted by Gasteiger charge is 2.15. The van der Waals surface area contributed by atoms with Crippen molar-refractivity contribution in [1.29, 1.82) is 0 Å². The van der Waals surface area contributed by atoms with Gasteiger partial charge < -0.3 is 10.4 Å². The average Bonchev–Trinajstić information content (AvgIpc) is 1.81. The lowest BCUT2D eigenvalue weighted by Crippen LogP contribution is -2.30. The number of hydrogen-bond donors (Lipinski definition) is 2. The third kappa shape index (κ3) is 10.1. The molecule has 0 rings (SSSR count). The lowest BCUT2D eigenvalue weighted by atomic mass is 9.89. The van der Waals surface area contributed by atoms with E-state index >= 15 is 0 Å². The highest BCUT2D eigenvalue weighted by Crippen LogP contribution is 2.20. The summed E-state index contributed by atoms with van der Waals surface area (Å²) in [6.45, 7) is 11.4. The topological polar surface area (TPSA) is 32.3 Å². The quantitative estimate of drug-likeness (QED) is 0.784. The molecule has 0 aliphatic heterocycles. The molecule has 13 heavy (non-hydrogen) atoms. The molecule has 0 amide bonds. The first kappa shape index (κ1) is 13.1. The third-order valence-electron chi connectivity index (χ3n) is 1.54. The van der Waals surface area contributed by atoms with Gasteiger partial charge >= 0.3 is 0 Å². The maximum atomic E-state index is 9.59. The van der Waals surface area contributed by atoms with Crippen molar-refractivity contribution < 1.29 is 5.11 Å². The van der Waals surface area contributed by atoms with Gasteiger partial charge in [-0.25, -0.2) is 0 Å². The molecule has 0 aromatic heterocycles. The highest BCUT2D eigenvalue weighted by atomic mass is 79.9. The zero-order valence-electron chi connectivity index (χ0n) is 8.73. The van der Waals surface area contributed by atoms with Crippen molar-refractivity contribution in [3.63, 3.8) is 0 Å². The molecule has 2 nitrogen and oxygen atoms in total. The van der Waals surface area contributed by atoms with E-state index in [1.165, 1.54) is 0 Å². The van der Waals surface area contributed by atoms with Crippen LogP contribution in [0.15, 0.2) is 11.1 Å². The van der Waals surface area contributed by atoms with Crippen LogP contribution in [0.25, 0.3) is 0 Å². The molecule has 0 fully saturated rings. The van der Waals surface area contributed by atoms with Crippen molar-refractivity contribution in [3.05, 3.63) is 11.1 Å². The normalized spacial score (nSPS) is 14.2. The molecule has 0 aliphatic carbocycles. The summed E-state index contributed by atoms with van der Waals surface area (Å²) < 4.78 is 0.912. The van der Waals surface area contributed by atoms with Crippen molar-refractivity contribution in [2.24, 2.45) is 5.41 Å². The third-order valence-corrected chi connectivity index (χ3v) is 1.83. The summed E-state index contributed by atoms with van der Waals surface area (Å²) in [5.41, 5.74) is 0.187. The molecular weight excluding hydrogens is 230 g/mol. The minimum atomic E-state index is -0.271. The molecule has 2 N–H and O–H groups in total. The molecule has 0 bridgehead atoms. The number of nitrogens with one attached hydrogen (secondary N) is 1. The number of rotatable bonds is 5. The molecule has 1 atom stereocenters. The van der Waals surface area contributed by atoms with E-state index in [4.69, 9.17) is 0 Å². The Morgan fingerprint density at radius 3 is 2.46 bits per heavy atom. The van der Waals surface area contributed by atoms with Crippen molar-refractivity contribution in [2.45, 2.75) is 33.3 Å². The predicted octanol–water partition coefficient (Wildman–Crippen LogP) is 2.28. The lowest BCUT2D eigenvalue weighted by Gasteiger charge is -2.22. The molecule has 0 saturated heterocycles. The summed E-state index contributed by atoms with van der Waals surface area (Å²) in [5.74, 6) is 0. The molecule has 1 unspecified atom stereocenters. The summed E-state index contributed by atoms with van der Waals surface area (Å²) in [5, 5.41) is 12.7. The van der Waals surface area contributed by atoms with Gasteiger partial charge in [-0.3, -0.25) is 0 Å². The van der Waals surface area contributed by atoms with Gasteiger partial charge in [0, 0.05) is 17.6 Å². The smallest absolute Gasteiger partial charge is 0.0669 e. The molecule has 0 heterocycles. The minimum absolute atomic E-state index is 0.187. The zero-order chi connectivity index (χ0) is 10.5. The standard InChI is InChI=1S/C10H20BrNO/c1-8(11)6-12-7-9(13)5-10(2,3)4/h9,12-13H,1,5-7H2,2-4H3. The first-order valence-electron chi connectivity index (χ1n) is 4.53. The second-order valence-electron chi connectivity index (χ2n) is 4.57. The highest BCUT2D eigenvalue weighted by molar-refractivity contribution is 9.11. The number of halogens is 1. The van der Waals surface area contributed by atoms with E-state index in [0.29, 0.717) is 13.1 Å². The molecular formula is C10H20BrNO. The van der Waals surface area contributed by atoms with E-state index in [9.17, 15) is 5.11 Å². The average molecular weight is 250 g/mol. The SMILES string of the molecule is C=C(Br)CNCC(O)CC(C)(C)C. The molecule has 78 valence electrons. The fourth-order valence-corrected chi connectivity index (χ4v) is 1.35. The van der Waals surface area contributed by atoms with E-state index in [-0.39, 0.29) is 11.5 Å². The van der Waals surface area contributed by atoms with Gasteiger partial charge in [-0.2, -0.15) is 0 Å². The van der Waals surface area contributed by atoms with Crippen LogP contribution in [-0.2, 0) is 0 Å². The van der Waals surface area contributed by atoms with Gasteiger partial charge in [-0.1, -0.05) is 43.3 Å². The molecule has 0 saturated carbocycles. The maximum Gasteiger partial charge on any atom is 0.0669 e. The first-order valence-corrected chi connectivity index (χ1v) is 5.32. The number of aliphatic hydroxyl groups is 1. The predicted molar refractivity (Wildman–Crippen MR) is 61.0 cm³/mol. The van der Waals surface area contributed by atoms with E-state index in [0.717, 1.165) is 10.9 Å². The van der Waals surface area contributed by atoms with Gasteiger partial charge in [0.25, 0.3) is 0 Å². The van der Waals surface area contributed by atoms with Crippen molar-refractivity contribution >= 4 is 15.9 Å². The fraction of sp³-hybridized carbons (Fsp3) is 0.800. The molecule has 0 radical (unpaired) electrons. The van der Waals surface area contributed by atoms with Crippen LogP contribution in [0.2, 0.25) is 0 Å². The largest absolute Gasteiger partial charge is 0.392 e. The Morgan fingerprint density at radius 2 is 2.08 bits per heavy atom. The number of aliphatic hydroxyl groups excluding tert-OH is 1. The molecule has 0 aliphatic rings. The van der Waals surface area contributed by atoms with Crippen LogP contribution in [0.4, 0.5) is 0 Å². The van der Waals surface area contributed by atoms with Crippen LogP contribution >= 0.6 is 15.9 Å². The van der Waals surface area contributed by atoms with Crippen LogP contribution < -0.4 is 5.32 Å². The molecule has 0 aromatic rings. The van der Waals surface area contributed by atoms with Crippen LogP contribution in [0, 0.1) is 5.41 Å². The zero-order valence-corrected chi connectivity index (χ0v) is 10.3. The van der Waals surface area contributed by atoms with Crippen LogP contribution in [0.1, 0.15) is 27.2 Å². The van der Waals surface area contributed by atoms with Gasteiger partial charge in [0.05, 0.1) is 6.10 Å². The Morgan fingerprint density at radius 1 is 1.54 bits per heavy atom. The summed E-state index contributed by atoms with van der Waals surface area (Å²) in [4.78, 5) is 0. The van der Waals surface area contributed by atoms with Crippen molar-refractivity contribution in [2.75, 3.05) is 13.1 Å². The summed E-state index contributed by atoms with van der Waals surface area (Å²) >= 11 is 3.25. The molecule has 3 heteroatoms. The van der Waals surface area contributed by atoms with Crippen LogP contribution in [-0.4, -0.2) is 24.3 Å². The molecule has 0 spiro atoms. The molecule has 0 aromatic carbocycles. The van der Waals surface area contributed by atoms with E-state index < -0.39 is 0 Å². The summed E-state index contributed by atoms with van der Waals surface area (Å²) in [7, 11) is 0. The second kappa shape index (κ2) is 5.78. The Balaban J connectivity index is 3.52. The van der Waals surface area contributed by atoms with Gasteiger partial charge in [0.1, 0.15) is 0 Å². The van der Waals surface area contributed by atoms with Crippen LogP contribution in [0.3, 0.4) is 0 Å². The van der Waals surface area contributed by atoms with Gasteiger partial charge in [-0.05, 0) is 11.8 Å². The lowest BCUT2D eigenvalue weighted by molar-refractivity contribution is 0.121. The van der Waals surface area contributed by atoms with E-state index in [1.54, 1.807) is 0 Å². The Bertz CT molecular complexity index is 163. The minimum Gasteiger partial charge on any atom is -0.392 e. The summed E-state index contributed by atoms with van der Waals surface area (Å²) in [6, 6.07) is 0. The van der Waals surface area contributed by atoms with E-state index in [2.05, 4.69) is 48.6 Å². The van der Waals surface area contributed by atoms with E-state index in [1.807, 2.05) is 0 Å². The monoisotopic (exact) mass is 249 g/mol. The Hall–Kier alpha value is 0.140. The first-order chi connectivity index (χ1) is 5.81. The fourth-order valence-electron chi connectivity index (χ4n) is 1.15. The second-order valence-corrected chi connectivity index (χ2v) is 5.69. The van der Waals surface area contributed by atoms with Gasteiger partial charge in [0.15, 0.2) is 0 Å². The Labute approximate surface area is 89.5 Å². The number of hydrogen-bond acceptors (Lipinski definition) is 2. The van der Waals surface area contributed by atoms with Crippen LogP contribution in [0.5, 0.6) is 0 Å². The maximum absolute atomic E-state index is 9.59.